The van der Waals surface area contributed by atoms with Crippen molar-refractivity contribution >= 4 is 5.78 Å². The van der Waals surface area contributed by atoms with Crippen molar-refractivity contribution in [3.05, 3.63) is 23.3 Å². The maximum atomic E-state index is 11.3. The van der Waals surface area contributed by atoms with Crippen LogP contribution in [-0.4, -0.2) is 29.2 Å². The third-order valence-electron chi connectivity index (χ3n) is 3.56. The maximum Gasteiger partial charge on any atom is 0.163 e. The first-order chi connectivity index (χ1) is 8.01. The zero-order valence-electron chi connectivity index (χ0n) is 9.82. The van der Waals surface area contributed by atoms with E-state index in [0.29, 0.717) is 24.3 Å². The van der Waals surface area contributed by atoms with E-state index >= 15 is 0 Å². The van der Waals surface area contributed by atoms with Gasteiger partial charge in [-0.2, -0.15) is 0 Å². The molecule has 1 N–H and O–H groups in total. The molecule has 0 amide bonds. The van der Waals surface area contributed by atoms with E-state index < -0.39 is 0 Å². The van der Waals surface area contributed by atoms with Gasteiger partial charge in [-0.25, -0.2) is 0 Å². The van der Waals surface area contributed by atoms with Crippen LogP contribution in [0, 0.1) is 0 Å². The topological polar surface area (TPSA) is 59.1 Å². The van der Waals surface area contributed by atoms with Gasteiger partial charge in [-0.05, 0) is 26.0 Å². The third kappa shape index (κ3) is 1.52. The van der Waals surface area contributed by atoms with Crippen molar-refractivity contribution in [1.29, 1.82) is 0 Å². The summed E-state index contributed by atoms with van der Waals surface area (Å²) >= 11 is 0. The summed E-state index contributed by atoms with van der Waals surface area (Å²) in [6, 6.07) is 3.35. The summed E-state index contributed by atoms with van der Waals surface area (Å²) in [6.45, 7) is 4.12. The predicted molar refractivity (Wildman–Crippen MR) is 60.6 cm³/mol. The Balaban J connectivity index is 1.97. The van der Waals surface area contributed by atoms with Gasteiger partial charge in [0, 0.05) is 12.0 Å². The van der Waals surface area contributed by atoms with Gasteiger partial charge in [0.1, 0.15) is 23.2 Å². The summed E-state index contributed by atoms with van der Waals surface area (Å²) in [5.41, 5.74) is 0.844. The molecule has 0 bridgehead atoms. The molecule has 4 nitrogen and oxygen atoms in total. The average Bonchev–Trinajstić information content (AvgIpc) is 2.87. The smallest absolute Gasteiger partial charge is 0.163 e. The Morgan fingerprint density at radius 2 is 2.24 bits per heavy atom. The van der Waals surface area contributed by atoms with Crippen LogP contribution in [0.3, 0.4) is 0 Å². The normalized spacial score (nSPS) is 29.6. The Bertz CT molecular complexity index is 502. The monoisotopic (exact) mass is 234 g/mol. The maximum absolute atomic E-state index is 11.3. The number of rotatable bonds is 2. The van der Waals surface area contributed by atoms with Crippen molar-refractivity contribution < 1.29 is 19.4 Å². The van der Waals surface area contributed by atoms with Crippen LogP contribution in [0.1, 0.15) is 29.8 Å². The molecule has 2 heterocycles. The molecule has 1 aromatic rings. The minimum atomic E-state index is -0.234. The number of ketones is 1. The van der Waals surface area contributed by atoms with E-state index in [2.05, 4.69) is 0 Å². The lowest BCUT2D eigenvalue weighted by atomic mass is 9.98. The van der Waals surface area contributed by atoms with E-state index in [4.69, 9.17) is 9.47 Å². The second-order valence-corrected chi connectivity index (χ2v) is 4.91. The molecule has 0 saturated carbocycles. The molecule has 0 spiro atoms. The van der Waals surface area contributed by atoms with Crippen molar-refractivity contribution in [2.75, 3.05) is 6.61 Å². The number of carbonyl (C=O) groups is 1. The molecular weight excluding hydrogens is 220 g/mol. The minimum absolute atomic E-state index is 0.0572. The van der Waals surface area contributed by atoms with Crippen molar-refractivity contribution in [1.82, 2.24) is 0 Å². The summed E-state index contributed by atoms with van der Waals surface area (Å²) in [7, 11) is 0. The molecule has 17 heavy (non-hydrogen) atoms. The van der Waals surface area contributed by atoms with Crippen LogP contribution in [-0.2, 0) is 11.2 Å². The van der Waals surface area contributed by atoms with Gasteiger partial charge >= 0.3 is 0 Å². The van der Waals surface area contributed by atoms with Crippen molar-refractivity contribution in [3.63, 3.8) is 0 Å². The van der Waals surface area contributed by atoms with Gasteiger partial charge in [0.15, 0.2) is 5.78 Å². The van der Waals surface area contributed by atoms with E-state index in [0.717, 1.165) is 5.56 Å². The molecular formula is C13H14O4. The third-order valence-corrected chi connectivity index (χ3v) is 3.56. The van der Waals surface area contributed by atoms with Gasteiger partial charge in [0.2, 0.25) is 0 Å². The van der Waals surface area contributed by atoms with E-state index in [9.17, 15) is 9.90 Å². The summed E-state index contributed by atoms with van der Waals surface area (Å²) in [5.74, 6) is 0.582. The largest absolute Gasteiger partial charge is 0.507 e. The molecule has 2 aliphatic rings. The number of phenolic OH excluding ortho intramolecular Hbond substituents is 1. The highest BCUT2D eigenvalue weighted by atomic mass is 16.6. The molecule has 0 radical (unpaired) electrons. The molecule has 3 rings (SSSR count). The van der Waals surface area contributed by atoms with Gasteiger partial charge in [-0.15, -0.1) is 0 Å². The van der Waals surface area contributed by atoms with Gasteiger partial charge in [0.05, 0.1) is 12.2 Å². The van der Waals surface area contributed by atoms with Crippen molar-refractivity contribution in [2.24, 2.45) is 0 Å². The first-order valence-corrected chi connectivity index (χ1v) is 5.68. The zero-order valence-corrected chi connectivity index (χ0v) is 9.82. The van der Waals surface area contributed by atoms with Gasteiger partial charge in [-0.1, -0.05) is 0 Å². The number of phenols is 1. The Labute approximate surface area is 99.2 Å². The number of carbonyl (C=O) groups excluding carboxylic acids is 1. The zero-order chi connectivity index (χ0) is 12.2. The SMILES string of the molecule is CC(=O)c1ccc2c(c1O)C[C@H]([C@@]1(C)CO1)O2. The fraction of sp³-hybridized carbons (Fsp3) is 0.462. The fourth-order valence-electron chi connectivity index (χ4n) is 2.23. The highest BCUT2D eigenvalue weighted by Crippen LogP contribution is 2.44. The van der Waals surface area contributed by atoms with Crippen LogP contribution < -0.4 is 4.74 Å². The molecule has 90 valence electrons. The van der Waals surface area contributed by atoms with Crippen molar-refractivity contribution in [3.8, 4) is 11.5 Å². The molecule has 4 heteroatoms. The Morgan fingerprint density at radius 1 is 1.53 bits per heavy atom. The average molecular weight is 234 g/mol. The first-order valence-electron chi connectivity index (χ1n) is 5.68. The summed E-state index contributed by atoms with van der Waals surface area (Å²) in [5, 5.41) is 10.0. The molecule has 0 aromatic heterocycles. The molecule has 0 unspecified atom stereocenters. The van der Waals surface area contributed by atoms with Crippen LogP contribution in [0.4, 0.5) is 0 Å². The summed E-state index contributed by atoms with van der Waals surface area (Å²) < 4.78 is 11.1. The Morgan fingerprint density at radius 3 is 2.82 bits per heavy atom. The van der Waals surface area contributed by atoms with E-state index in [-0.39, 0.29) is 23.2 Å². The van der Waals surface area contributed by atoms with Gasteiger partial charge < -0.3 is 14.6 Å². The first kappa shape index (κ1) is 10.6. The molecule has 2 atom stereocenters. The number of Topliss-reactive ketones (excluding diaryl/α,β-unsaturated/α-hetero) is 1. The van der Waals surface area contributed by atoms with Crippen LogP contribution in [0.2, 0.25) is 0 Å². The number of epoxide rings is 1. The van der Waals surface area contributed by atoms with Gasteiger partial charge in [0.25, 0.3) is 0 Å². The molecule has 0 aliphatic carbocycles. The molecule has 1 aromatic carbocycles. The van der Waals surface area contributed by atoms with Crippen molar-refractivity contribution in [2.45, 2.75) is 32.0 Å². The number of aromatic hydroxyl groups is 1. The highest BCUT2D eigenvalue weighted by molar-refractivity contribution is 5.97. The van der Waals surface area contributed by atoms with Crippen LogP contribution in [0.5, 0.6) is 11.5 Å². The highest BCUT2D eigenvalue weighted by Gasteiger charge is 2.51. The van der Waals surface area contributed by atoms with E-state index in [1.54, 1.807) is 12.1 Å². The van der Waals surface area contributed by atoms with E-state index in [1.807, 2.05) is 6.92 Å². The van der Waals surface area contributed by atoms with E-state index in [1.165, 1.54) is 6.92 Å². The second kappa shape index (κ2) is 3.23. The fourth-order valence-corrected chi connectivity index (χ4v) is 2.23. The molecule has 2 aliphatic heterocycles. The summed E-state index contributed by atoms with van der Waals surface area (Å²) in [4.78, 5) is 11.3. The number of hydrogen-bond donors (Lipinski definition) is 1. The number of ether oxygens (including phenoxy) is 2. The van der Waals surface area contributed by atoms with Crippen LogP contribution in [0.15, 0.2) is 12.1 Å². The lowest BCUT2D eigenvalue weighted by Crippen LogP contribution is -2.30. The number of hydrogen-bond acceptors (Lipinski definition) is 4. The lowest BCUT2D eigenvalue weighted by Gasteiger charge is -2.13. The molecule has 1 saturated heterocycles. The number of fused-ring (bicyclic) bond motifs is 1. The van der Waals surface area contributed by atoms with Gasteiger partial charge in [-0.3, -0.25) is 4.79 Å². The van der Waals surface area contributed by atoms with Crippen LogP contribution in [0.25, 0.3) is 0 Å². The lowest BCUT2D eigenvalue weighted by molar-refractivity contribution is 0.101. The Kier molecular flexibility index (Phi) is 2.01. The predicted octanol–water partition coefficient (Wildman–Crippen LogP) is 1.69. The van der Waals surface area contributed by atoms with Crippen LogP contribution >= 0.6 is 0 Å². The number of benzene rings is 1. The Hall–Kier alpha value is -1.55. The second-order valence-electron chi connectivity index (χ2n) is 4.91. The minimum Gasteiger partial charge on any atom is -0.507 e. The molecule has 1 fully saturated rings. The summed E-state index contributed by atoms with van der Waals surface area (Å²) in [6.07, 6.45) is 0.532. The standard InChI is InChI=1S/C13H14O4/c1-7(14)8-3-4-10-9(12(8)15)5-11(17-10)13(2)6-16-13/h3-4,11,15H,5-6H2,1-2H3/t11-,13-/m1/s1. The quantitative estimate of drug-likeness (QED) is 0.625.